The van der Waals surface area contributed by atoms with Crippen LogP contribution in [0.1, 0.15) is 56.0 Å². The van der Waals surface area contributed by atoms with Gasteiger partial charge in [-0.1, -0.05) is 13.3 Å². The third kappa shape index (κ3) is 4.23. The Morgan fingerprint density at radius 3 is 2.79 bits per heavy atom. The monoisotopic (exact) mass is 335 g/mol. The van der Waals surface area contributed by atoms with E-state index in [1.807, 2.05) is 11.8 Å². The van der Waals surface area contributed by atoms with Gasteiger partial charge in [-0.15, -0.1) is 0 Å². The van der Waals surface area contributed by atoms with Crippen LogP contribution in [-0.2, 0) is 11.2 Å². The highest BCUT2D eigenvalue weighted by Crippen LogP contribution is 2.34. The van der Waals surface area contributed by atoms with Crippen LogP contribution in [0, 0.1) is 19.3 Å². The molecule has 0 radical (unpaired) electrons. The zero-order valence-corrected chi connectivity index (χ0v) is 15.0. The number of likely N-dealkylation sites (tertiary alicyclic amines) is 1. The summed E-state index contributed by atoms with van der Waals surface area (Å²) in [5.41, 5.74) is 1.95. The number of aliphatic hydroxyl groups excluding tert-OH is 1. The second kappa shape index (κ2) is 7.92. The molecule has 1 amide bonds. The predicted molar refractivity (Wildman–Crippen MR) is 92.9 cm³/mol. The molecule has 1 aromatic rings. The summed E-state index contributed by atoms with van der Waals surface area (Å²) in [6.07, 6.45) is 4.90. The van der Waals surface area contributed by atoms with Crippen LogP contribution in [0.25, 0.3) is 0 Å². The van der Waals surface area contributed by atoms with Crippen molar-refractivity contribution in [2.45, 2.75) is 59.3 Å². The van der Waals surface area contributed by atoms with Crippen LogP contribution in [-0.4, -0.2) is 45.6 Å². The Morgan fingerprint density at radius 1 is 1.42 bits per heavy atom. The van der Waals surface area contributed by atoms with E-state index in [4.69, 9.17) is 0 Å². The zero-order valence-electron chi connectivity index (χ0n) is 15.0. The number of piperidine rings is 1. The molecular formula is C18H29N3O3. The van der Waals surface area contributed by atoms with E-state index in [-0.39, 0.29) is 23.6 Å². The molecule has 1 fully saturated rings. The van der Waals surface area contributed by atoms with Crippen molar-refractivity contribution in [3.63, 3.8) is 0 Å². The lowest BCUT2D eigenvalue weighted by atomic mass is 9.77. The Hall–Kier alpha value is -1.69. The number of aryl methyl sites for hydroxylation is 2. The standard InChI is InChI=1S/C18H29N3O3/c1-4-8-18(12-22)9-5-10-21(11-18)16(23)7-6-15-13(2)19-17(24)20-14(15)3/h22H,4-12H2,1-3H3,(H,19,20,24)/t18-/m0/s1. The first-order valence-corrected chi connectivity index (χ1v) is 8.86. The molecule has 0 aliphatic carbocycles. The fourth-order valence-electron chi connectivity index (χ4n) is 3.88. The minimum Gasteiger partial charge on any atom is -0.396 e. The van der Waals surface area contributed by atoms with Crippen LogP contribution < -0.4 is 5.69 Å². The van der Waals surface area contributed by atoms with Crippen molar-refractivity contribution in [3.8, 4) is 0 Å². The van der Waals surface area contributed by atoms with Crippen molar-refractivity contribution in [1.82, 2.24) is 14.9 Å². The molecular weight excluding hydrogens is 306 g/mol. The number of aliphatic hydroxyl groups is 1. The lowest BCUT2D eigenvalue weighted by molar-refractivity contribution is -0.135. The summed E-state index contributed by atoms with van der Waals surface area (Å²) in [7, 11) is 0. The molecule has 1 atom stereocenters. The summed E-state index contributed by atoms with van der Waals surface area (Å²) >= 11 is 0. The molecule has 1 saturated heterocycles. The molecule has 6 heteroatoms. The molecule has 0 spiro atoms. The molecule has 24 heavy (non-hydrogen) atoms. The summed E-state index contributed by atoms with van der Waals surface area (Å²) in [4.78, 5) is 32.5. The third-order valence-electron chi connectivity index (χ3n) is 5.17. The molecule has 1 aliphatic heterocycles. The van der Waals surface area contributed by atoms with Gasteiger partial charge in [-0.3, -0.25) is 4.79 Å². The van der Waals surface area contributed by atoms with Gasteiger partial charge in [-0.2, -0.15) is 4.98 Å². The number of nitrogens with one attached hydrogen (secondary N) is 1. The molecule has 2 rings (SSSR count). The van der Waals surface area contributed by atoms with Crippen LogP contribution in [0.15, 0.2) is 4.79 Å². The Labute approximate surface area is 143 Å². The van der Waals surface area contributed by atoms with Gasteiger partial charge in [-0.25, -0.2) is 4.79 Å². The molecule has 0 saturated carbocycles. The van der Waals surface area contributed by atoms with Crippen molar-refractivity contribution in [1.29, 1.82) is 0 Å². The van der Waals surface area contributed by atoms with Crippen LogP contribution in [0.2, 0.25) is 0 Å². The third-order valence-corrected chi connectivity index (χ3v) is 5.17. The smallest absolute Gasteiger partial charge is 0.345 e. The van der Waals surface area contributed by atoms with Crippen molar-refractivity contribution in [3.05, 3.63) is 27.4 Å². The lowest BCUT2D eigenvalue weighted by Gasteiger charge is -2.42. The Kier molecular flexibility index (Phi) is 6.15. The topological polar surface area (TPSA) is 86.3 Å². The normalized spacial score (nSPS) is 21.1. The van der Waals surface area contributed by atoms with E-state index in [2.05, 4.69) is 16.9 Å². The quantitative estimate of drug-likeness (QED) is 0.829. The molecule has 2 N–H and O–H groups in total. The van der Waals surface area contributed by atoms with Crippen molar-refractivity contribution < 1.29 is 9.90 Å². The summed E-state index contributed by atoms with van der Waals surface area (Å²) in [5, 5.41) is 9.80. The fraction of sp³-hybridized carbons (Fsp3) is 0.722. The Bertz CT molecular complexity index is 611. The number of nitrogens with zero attached hydrogens (tertiary/aromatic N) is 2. The van der Waals surface area contributed by atoms with E-state index in [0.717, 1.165) is 43.5 Å². The fourth-order valence-corrected chi connectivity index (χ4v) is 3.88. The molecule has 1 aliphatic rings. The zero-order chi connectivity index (χ0) is 17.7. The lowest BCUT2D eigenvalue weighted by Crippen LogP contribution is -2.47. The second-order valence-electron chi connectivity index (χ2n) is 7.06. The van der Waals surface area contributed by atoms with Gasteiger partial charge in [0.15, 0.2) is 0 Å². The number of amides is 1. The number of aromatic nitrogens is 2. The van der Waals surface area contributed by atoms with Crippen LogP contribution in [0.5, 0.6) is 0 Å². The maximum absolute atomic E-state index is 12.6. The van der Waals surface area contributed by atoms with Gasteiger partial charge >= 0.3 is 5.69 Å². The molecule has 1 aromatic heterocycles. The van der Waals surface area contributed by atoms with Crippen LogP contribution in [0.3, 0.4) is 0 Å². The van der Waals surface area contributed by atoms with E-state index >= 15 is 0 Å². The van der Waals surface area contributed by atoms with Gasteiger partial charge in [0.1, 0.15) is 0 Å². The maximum atomic E-state index is 12.6. The number of carbonyl (C=O) groups is 1. The molecule has 6 nitrogen and oxygen atoms in total. The van der Waals surface area contributed by atoms with Crippen molar-refractivity contribution in [2.24, 2.45) is 5.41 Å². The summed E-state index contributed by atoms with van der Waals surface area (Å²) in [5.74, 6) is 0.119. The van der Waals surface area contributed by atoms with E-state index in [1.165, 1.54) is 0 Å². The van der Waals surface area contributed by atoms with Gasteiger partial charge in [-0.05, 0) is 45.1 Å². The van der Waals surface area contributed by atoms with Crippen LogP contribution in [0.4, 0.5) is 0 Å². The second-order valence-corrected chi connectivity index (χ2v) is 7.06. The first-order chi connectivity index (χ1) is 11.4. The number of rotatable bonds is 6. The highest BCUT2D eigenvalue weighted by atomic mass is 16.3. The Morgan fingerprint density at radius 2 is 2.17 bits per heavy atom. The highest BCUT2D eigenvalue weighted by molar-refractivity contribution is 5.76. The van der Waals surface area contributed by atoms with Crippen molar-refractivity contribution >= 4 is 5.91 Å². The SMILES string of the molecule is CCC[C@]1(CO)CCCN(C(=O)CCc2c(C)nc(=O)[nH]c2C)C1. The molecule has 0 bridgehead atoms. The number of hydrogen-bond acceptors (Lipinski definition) is 4. The Balaban J connectivity index is 2.01. The number of aromatic amines is 1. The number of carbonyl (C=O) groups excluding carboxylic acids is 1. The van der Waals surface area contributed by atoms with Gasteiger partial charge in [0.25, 0.3) is 0 Å². The van der Waals surface area contributed by atoms with Gasteiger partial charge in [0.05, 0.1) is 6.61 Å². The first-order valence-electron chi connectivity index (χ1n) is 8.86. The minimum atomic E-state index is -0.344. The summed E-state index contributed by atoms with van der Waals surface area (Å²) in [6, 6.07) is 0. The van der Waals surface area contributed by atoms with Gasteiger partial charge in [0.2, 0.25) is 5.91 Å². The van der Waals surface area contributed by atoms with E-state index < -0.39 is 0 Å². The largest absolute Gasteiger partial charge is 0.396 e. The van der Waals surface area contributed by atoms with Gasteiger partial charge in [0, 0.05) is 36.3 Å². The number of H-pyrrole nitrogens is 1. The minimum absolute atomic E-state index is 0.119. The number of hydrogen-bond donors (Lipinski definition) is 2. The summed E-state index contributed by atoms with van der Waals surface area (Å²) < 4.78 is 0. The van der Waals surface area contributed by atoms with E-state index in [0.29, 0.717) is 25.1 Å². The first kappa shape index (κ1) is 18.6. The summed E-state index contributed by atoms with van der Waals surface area (Å²) in [6.45, 7) is 7.33. The maximum Gasteiger partial charge on any atom is 0.345 e. The van der Waals surface area contributed by atoms with Gasteiger partial charge < -0.3 is 15.0 Å². The van der Waals surface area contributed by atoms with E-state index in [1.54, 1.807) is 6.92 Å². The average molecular weight is 335 g/mol. The molecule has 2 heterocycles. The van der Waals surface area contributed by atoms with Crippen molar-refractivity contribution in [2.75, 3.05) is 19.7 Å². The average Bonchev–Trinajstić information content (AvgIpc) is 2.54. The molecule has 0 aromatic carbocycles. The van der Waals surface area contributed by atoms with Crippen LogP contribution >= 0.6 is 0 Å². The molecule has 0 unspecified atom stereocenters. The predicted octanol–water partition coefficient (Wildman–Crippen LogP) is 1.72. The highest BCUT2D eigenvalue weighted by Gasteiger charge is 2.35. The van der Waals surface area contributed by atoms with E-state index in [9.17, 15) is 14.7 Å². The molecule has 134 valence electrons.